The number of carbonyl (C=O) groups excluding carboxylic acids is 1. The standard InChI is InChI=1S/C17H19NO3S/c1-3-5-13-8-10-15(11-9-13)18-17(19)14-6-4-7-16(12-14)22(2,20)21/h4,6-12H,3,5H2,1-2H3,(H,18,19). The second-order valence-corrected chi connectivity index (χ2v) is 7.22. The summed E-state index contributed by atoms with van der Waals surface area (Å²) in [5.74, 6) is -0.325. The van der Waals surface area contributed by atoms with Gasteiger partial charge in [-0.2, -0.15) is 0 Å². The molecule has 116 valence electrons. The van der Waals surface area contributed by atoms with Crippen LogP contribution in [0.2, 0.25) is 0 Å². The molecule has 0 aromatic heterocycles. The van der Waals surface area contributed by atoms with E-state index in [1.807, 2.05) is 24.3 Å². The van der Waals surface area contributed by atoms with Crippen molar-refractivity contribution in [2.75, 3.05) is 11.6 Å². The number of benzene rings is 2. The van der Waals surface area contributed by atoms with Crippen molar-refractivity contribution in [1.29, 1.82) is 0 Å². The summed E-state index contributed by atoms with van der Waals surface area (Å²) in [6.45, 7) is 2.12. The predicted octanol–water partition coefficient (Wildman–Crippen LogP) is 3.29. The lowest BCUT2D eigenvalue weighted by Gasteiger charge is -2.07. The van der Waals surface area contributed by atoms with Crippen LogP contribution in [0.1, 0.15) is 29.3 Å². The van der Waals surface area contributed by atoms with Crippen LogP contribution in [0.4, 0.5) is 5.69 Å². The summed E-state index contributed by atoms with van der Waals surface area (Å²) < 4.78 is 23.1. The van der Waals surface area contributed by atoms with E-state index in [0.29, 0.717) is 11.3 Å². The lowest BCUT2D eigenvalue weighted by Crippen LogP contribution is -2.12. The van der Waals surface area contributed by atoms with Gasteiger partial charge in [0.05, 0.1) is 4.90 Å². The van der Waals surface area contributed by atoms with Crippen molar-refractivity contribution < 1.29 is 13.2 Å². The van der Waals surface area contributed by atoms with Crippen LogP contribution in [0.15, 0.2) is 53.4 Å². The van der Waals surface area contributed by atoms with E-state index >= 15 is 0 Å². The predicted molar refractivity (Wildman–Crippen MR) is 87.9 cm³/mol. The third-order valence-electron chi connectivity index (χ3n) is 3.27. The smallest absolute Gasteiger partial charge is 0.255 e. The Morgan fingerprint density at radius 3 is 2.36 bits per heavy atom. The van der Waals surface area contributed by atoms with Crippen LogP contribution in [-0.2, 0) is 16.3 Å². The number of hydrogen-bond acceptors (Lipinski definition) is 3. The maximum Gasteiger partial charge on any atom is 0.255 e. The van der Waals surface area contributed by atoms with Crippen LogP contribution in [0, 0.1) is 0 Å². The molecule has 0 radical (unpaired) electrons. The molecule has 2 aromatic rings. The molecule has 4 nitrogen and oxygen atoms in total. The van der Waals surface area contributed by atoms with Gasteiger partial charge >= 0.3 is 0 Å². The molecule has 22 heavy (non-hydrogen) atoms. The van der Waals surface area contributed by atoms with Gasteiger partial charge in [0, 0.05) is 17.5 Å². The van der Waals surface area contributed by atoms with E-state index in [4.69, 9.17) is 0 Å². The molecule has 2 aromatic carbocycles. The van der Waals surface area contributed by atoms with Gasteiger partial charge in [0.15, 0.2) is 9.84 Å². The first-order valence-corrected chi connectivity index (χ1v) is 8.99. The minimum Gasteiger partial charge on any atom is -0.322 e. The normalized spacial score (nSPS) is 11.2. The van der Waals surface area contributed by atoms with Gasteiger partial charge in [-0.3, -0.25) is 4.79 Å². The number of hydrogen-bond donors (Lipinski definition) is 1. The summed E-state index contributed by atoms with van der Waals surface area (Å²) in [5, 5.41) is 2.77. The van der Waals surface area contributed by atoms with Crippen molar-refractivity contribution in [3.63, 3.8) is 0 Å². The third kappa shape index (κ3) is 4.18. The first-order valence-electron chi connectivity index (χ1n) is 7.10. The second-order valence-electron chi connectivity index (χ2n) is 5.20. The van der Waals surface area contributed by atoms with E-state index in [1.54, 1.807) is 12.1 Å². The van der Waals surface area contributed by atoms with Crippen molar-refractivity contribution in [2.45, 2.75) is 24.7 Å². The number of aryl methyl sites for hydroxylation is 1. The van der Waals surface area contributed by atoms with E-state index in [2.05, 4.69) is 12.2 Å². The average Bonchev–Trinajstić information content (AvgIpc) is 2.49. The first-order chi connectivity index (χ1) is 10.4. The number of rotatable bonds is 5. The van der Waals surface area contributed by atoms with Crippen LogP contribution in [0.3, 0.4) is 0 Å². The van der Waals surface area contributed by atoms with Gasteiger partial charge in [-0.25, -0.2) is 8.42 Å². The zero-order valence-corrected chi connectivity index (χ0v) is 13.5. The Labute approximate surface area is 131 Å². The molecule has 0 heterocycles. The Morgan fingerprint density at radius 1 is 1.09 bits per heavy atom. The fraction of sp³-hybridized carbons (Fsp3) is 0.235. The molecular formula is C17H19NO3S. The fourth-order valence-electron chi connectivity index (χ4n) is 2.11. The first kappa shape index (κ1) is 16.2. The van der Waals surface area contributed by atoms with E-state index in [9.17, 15) is 13.2 Å². The minimum absolute atomic E-state index is 0.137. The molecule has 0 aliphatic carbocycles. The number of carbonyl (C=O) groups is 1. The molecule has 0 saturated carbocycles. The molecular weight excluding hydrogens is 298 g/mol. The summed E-state index contributed by atoms with van der Waals surface area (Å²) >= 11 is 0. The summed E-state index contributed by atoms with van der Waals surface area (Å²) in [7, 11) is -3.32. The highest BCUT2D eigenvalue weighted by molar-refractivity contribution is 7.90. The van der Waals surface area contributed by atoms with Crippen molar-refractivity contribution in [3.8, 4) is 0 Å². The topological polar surface area (TPSA) is 63.2 Å². The lowest BCUT2D eigenvalue weighted by atomic mass is 10.1. The van der Waals surface area contributed by atoms with Gasteiger partial charge in [-0.05, 0) is 42.3 Å². The second kappa shape index (κ2) is 6.75. The van der Waals surface area contributed by atoms with Gasteiger partial charge in [0.2, 0.25) is 0 Å². The van der Waals surface area contributed by atoms with Gasteiger partial charge in [0.25, 0.3) is 5.91 Å². The van der Waals surface area contributed by atoms with E-state index in [0.717, 1.165) is 19.1 Å². The zero-order chi connectivity index (χ0) is 16.2. The molecule has 1 N–H and O–H groups in total. The molecule has 0 aliphatic rings. The Bertz CT molecular complexity index is 765. The highest BCUT2D eigenvalue weighted by atomic mass is 32.2. The van der Waals surface area contributed by atoms with Crippen molar-refractivity contribution in [1.82, 2.24) is 0 Å². The summed E-state index contributed by atoms with van der Waals surface area (Å²) in [4.78, 5) is 12.3. The third-order valence-corrected chi connectivity index (χ3v) is 4.39. The fourth-order valence-corrected chi connectivity index (χ4v) is 2.78. The quantitative estimate of drug-likeness (QED) is 0.920. The monoisotopic (exact) mass is 317 g/mol. The van der Waals surface area contributed by atoms with Gasteiger partial charge < -0.3 is 5.32 Å². The average molecular weight is 317 g/mol. The highest BCUT2D eigenvalue weighted by Crippen LogP contribution is 2.15. The molecule has 0 bridgehead atoms. The highest BCUT2D eigenvalue weighted by Gasteiger charge is 2.11. The van der Waals surface area contributed by atoms with Gasteiger partial charge in [-0.1, -0.05) is 31.5 Å². The van der Waals surface area contributed by atoms with Crippen molar-refractivity contribution in [2.24, 2.45) is 0 Å². The number of sulfone groups is 1. The number of nitrogens with one attached hydrogen (secondary N) is 1. The molecule has 0 atom stereocenters. The summed E-state index contributed by atoms with van der Waals surface area (Å²) in [5.41, 5.74) is 2.23. The van der Waals surface area contributed by atoms with Crippen LogP contribution < -0.4 is 5.32 Å². The maximum atomic E-state index is 12.2. The molecule has 0 aliphatic heterocycles. The van der Waals surface area contributed by atoms with Crippen molar-refractivity contribution >= 4 is 21.4 Å². The van der Waals surface area contributed by atoms with Crippen molar-refractivity contribution in [3.05, 3.63) is 59.7 Å². The maximum absolute atomic E-state index is 12.2. The van der Waals surface area contributed by atoms with Gasteiger partial charge in [-0.15, -0.1) is 0 Å². The molecule has 5 heteroatoms. The van der Waals surface area contributed by atoms with Crippen LogP contribution >= 0.6 is 0 Å². The number of anilines is 1. The Hall–Kier alpha value is -2.14. The number of amides is 1. The minimum atomic E-state index is -3.32. The Kier molecular flexibility index (Phi) is 4.98. The van der Waals surface area contributed by atoms with E-state index in [-0.39, 0.29) is 10.8 Å². The molecule has 0 spiro atoms. The van der Waals surface area contributed by atoms with E-state index in [1.165, 1.54) is 17.7 Å². The molecule has 0 saturated heterocycles. The molecule has 0 unspecified atom stereocenters. The molecule has 0 fully saturated rings. The molecule has 1 amide bonds. The lowest BCUT2D eigenvalue weighted by molar-refractivity contribution is 0.102. The zero-order valence-electron chi connectivity index (χ0n) is 12.7. The summed E-state index contributed by atoms with van der Waals surface area (Å²) in [6.07, 6.45) is 3.20. The van der Waals surface area contributed by atoms with Crippen LogP contribution in [-0.4, -0.2) is 20.6 Å². The largest absolute Gasteiger partial charge is 0.322 e. The van der Waals surface area contributed by atoms with E-state index < -0.39 is 9.84 Å². The van der Waals surface area contributed by atoms with Crippen LogP contribution in [0.25, 0.3) is 0 Å². The summed E-state index contributed by atoms with van der Waals surface area (Å²) in [6, 6.07) is 13.7. The SMILES string of the molecule is CCCc1ccc(NC(=O)c2cccc(S(C)(=O)=O)c2)cc1. The molecule has 2 rings (SSSR count). The van der Waals surface area contributed by atoms with Gasteiger partial charge in [0.1, 0.15) is 0 Å². The van der Waals surface area contributed by atoms with Crippen LogP contribution in [0.5, 0.6) is 0 Å². The Balaban J connectivity index is 2.15. The Morgan fingerprint density at radius 2 is 1.77 bits per heavy atom.